The van der Waals surface area contributed by atoms with Crippen LogP contribution >= 0.6 is 0 Å². The van der Waals surface area contributed by atoms with Gasteiger partial charge in [0.15, 0.2) is 5.78 Å². The number of allylic oxidation sites excluding steroid dienone is 1. The molecule has 2 amide bonds. The molecule has 0 saturated heterocycles. The third-order valence-corrected chi connectivity index (χ3v) is 6.91. The van der Waals surface area contributed by atoms with E-state index < -0.39 is 63.6 Å². The predicted octanol–water partition coefficient (Wildman–Crippen LogP) is 5.98. The molecule has 2 aromatic carbocycles. The minimum Gasteiger partial charge on any atom is -0.326 e. The third kappa shape index (κ3) is 4.48. The summed E-state index contributed by atoms with van der Waals surface area (Å²) in [5.74, 6) is -4.12. The van der Waals surface area contributed by atoms with Gasteiger partial charge < -0.3 is 10.2 Å². The number of benzene rings is 2. The smallest absolute Gasteiger partial charge is 0.326 e. The summed E-state index contributed by atoms with van der Waals surface area (Å²) >= 11 is 0. The Morgan fingerprint density at radius 1 is 0.947 bits per heavy atom. The van der Waals surface area contributed by atoms with Crippen molar-refractivity contribution >= 4 is 17.6 Å². The molecule has 0 bridgehead atoms. The van der Waals surface area contributed by atoms with Gasteiger partial charge in [-0.3, -0.25) is 14.4 Å². The normalized spacial score (nSPS) is 22.4. The van der Waals surface area contributed by atoms with Crippen LogP contribution in [0, 0.1) is 5.41 Å². The molecule has 0 spiro atoms. The highest BCUT2D eigenvalue weighted by Gasteiger charge is 2.72. The molecule has 0 aromatic heterocycles. The molecule has 0 radical (unpaired) electrons. The zero-order valence-electron chi connectivity index (χ0n) is 20.6. The number of Topliss-reactive ketones (excluding diaryl/α,β-unsaturated/α-hetero) is 1. The van der Waals surface area contributed by atoms with Gasteiger partial charge in [0.1, 0.15) is 0 Å². The molecule has 11 heteroatoms. The van der Waals surface area contributed by atoms with Crippen molar-refractivity contribution < 1.29 is 40.7 Å². The van der Waals surface area contributed by atoms with Crippen molar-refractivity contribution in [1.82, 2.24) is 10.2 Å². The van der Waals surface area contributed by atoms with Crippen LogP contribution in [0.4, 0.5) is 26.3 Å². The number of alkyl halides is 6. The second kappa shape index (κ2) is 8.99. The van der Waals surface area contributed by atoms with Crippen molar-refractivity contribution in [1.29, 1.82) is 0 Å². The Kier molecular flexibility index (Phi) is 6.48. The summed E-state index contributed by atoms with van der Waals surface area (Å²) in [6.45, 7) is 4.86. The van der Waals surface area contributed by atoms with Gasteiger partial charge in [-0.2, -0.15) is 26.3 Å². The van der Waals surface area contributed by atoms with Gasteiger partial charge in [-0.05, 0) is 42.5 Å². The number of nitrogens with zero attached hydrogens (tertiary/aromatic N) is 1. The lowest BCUT2D eigenvalue weighted by atomic mass is 9.72. The van der Waals surface area contributed by atoms with E-state index in [9.17, 15) is 40.7 Å². The number of halogens is 6. The first-order chi connectivity index (χ1) is 17.5. The number of nitrogens with one attached hydrogen (secondary N) is 1. The number of rotatable bonds is 4. The first-order valence-corrected chi connectivity index (χ1v) is 11.7. The van der Waals surface area contributed by atoms with E-state index in [0.29, 0.717) is 17.7 Å². The highest BCUT2D eigenvalue weighted by atomic mass is 19.4. The minimum absolute atomic E-state index is 0.0613. The molecule has 202 valence electrons. The summed E-state index contributed by atoms with van der Waals surface area (Å²) in [5.41, 5.74) is -7.09. The predicted molar refractivity (Wildman–Crippen MR) is 124 cm³/mol. The molecule has 1 N–H and O–H groups in total. The Bertz CT molecular complexity index is 1330. The Hall–Kier alpha value is -3.63. The second-order valence-electron chi connectivity index (χ2n) is 10.3. The molecule has 2 atom stereocenters. The van der Waals surface area contributed by atoms with E-state index in [-0.39, 0.29) is 18.5 Å². The Labute approximate surface area is 214 Å². The molecule has 4 rings (SSSR count). The van der Waals surface area contributed by atoms with Gasteiger partial charge in [0.05, 0.1) is 17.2 Å². The highest BCUT2D eigenvalue weighted by Crippen LogP contribution is 2.53. The fourth-order valence-electron chi connectivity index (χ4n) is 5.15. The Balaban J connectivity index is 1.89. The van der Waals surface area contributed by atoms with Crippen LogP contribution in [0.3, 0.4) is 0 Å². The standard InChI is InChI=1S/C27H24F6N2O3/c1-15(16-8-5-4-6-9-16)35-19-13-24(2,3)14-20(36)21(19)25(23(35)38,27(31,32)33)34-22(37)17-10-7-11-18(12-17)26(28,29)30/h4-12,15H,13-14H2,1-3H3,(H,34,37)/t15-,25+/m1/s1. The van der Waals surface area contributed by atoms with Gasteiger partial charge in [0.25, 0.3) is 11.8 Å². The van der Waals surface area contributed by atoms with Crippen LogP contribution in [0.15, 0.2) is 65.9 Å². The molecule has 0 saturated carbocycles. The maximum atomic E-state index is 15.0. The quantitative estimate of drug-likeness (QED) is 0.487. The van der Waals surface area contributed by atoms with E-state index in [1.807, 2.05) is 0 Å². The lowest BCUT2D eigenvalue weighted by Crippen LogP contribution is -2.66. The van der Waals surface area contributed by atoms with Crippen LogP contribution in [0.1, 0.15) is 61.1 Å². The molecule has 1 heterocycles. The summed E-state index contributed by atoms with van der Waals surface area (Å²) in [5, 5.41) is 1.67. The zero-order valence-corrected chi connectivity index (χ0v) is 20.6. The topological polar surface area (TPSA) is 66.5 Å². The van der Waals surface area contributed by atoms with Crippen LogP contribution < -0.4 is 5.32 Å². The van der Waals surface area contributed by atoms with Crippen molar-refractivity contribution in [2.24, 2.45) is 5.41 Å². The van der Waals surface area contributed by atoms with Gasteiger partial charge in [-0.25, -0.2) is 0 Å². The monoisotopic (exact) mass is 538 g/mol. The van der Waals surface area contributed by atoms with Gasteiger partial charge in [0.2, 0.25) is 5.54 Å². The van der Waals surface area contributed by atoms with E-state index in [0.717, 1.165) is 17.0 Å². The van der Waals surface area contributed by atoms with Gasteiger partial charge in [-0.1, -0.05) is 50.2 Å². The van der Waals surface area contributed by atoms with Crippen molar-refractivity contribution in [3.8, 4) is 0 Å². The molecular formula is C27H24F6N2O3. The van der Waals surface area contributed by atoms with E-state index in [4.69, 9.17) is 0 Å². The van der Waals surface area contributed by atoms with Crippen molar-refractivity contribution in [3.63, 3.8) is 0 Å². The minimum atomic E-state index is -5.48. The maximum Gasteiger partial charge on any atom is 0.425 e. The Morgan fingerprint density at radius 2 is 1.58 bits per heavy atom. The average Bonchev–Trinajstić information content (AvgIpc) is 3.06. The molecular weight excluding hydrogens is 514 g/mol. The van der Waals surface area contributed by atoms with Crippen molar-refractivity contribution in [2.75, 3.05) is 0 Å². The lowest BCUT2D eigenvalue weighted by molar-refractivity contribution is -0.191. The van der Waals surface area contributed by atoms with E-state index in [1.165, 1.54) is 6.92 Å². The summed E-state index contributed by atoms with van der Waals surface area (Å²) in [6, 6.07) is 10.1. The molecule has 2 aromatic rings. The largest absolute Gasteiger partial charge is 0.425 e. The average molecular weight is 538 g/mol. The number of hydrogen-bond acceptors (Lipinski definition) is 3. The van der Waals surface area contributed by atoms with Crippen LogP contribution in [0.2, 0.25) is 0 Å². The second-order valence-corrected chi connectivity index (χ2v) is 10.3. The lowest BCUT2D eigenvalue weighted by Gasteiger charge is -2.35. The van der Waals surface area contributed by atoms with Crippen molar-refractivity contribution in [3.05, 3.63) is 82.6 Å². The summed E-state index contributed by atoms with van der Waals surface area (Å²) in [7, 11) is 0. The molecule has 0 unspecified atom stereocenters. The van der Waals surface area contributed by atoms with Crippen LogP contribution in [-0.4, -0.2) is 34.2 Å². The SMILES string of the molecule is C[C@H](c1ccccc1)N1C(=O)[C@](NC(=O)c2cccc(C(F)(F)F)c2)(C(F)(F)F)C2=C1CC(C)(C)CC2=O. The van der Waals surface area contributed by atoms with Gasteiger partial charge in [0, 0.05) is 17.7 Å². The van der Waals surface area contributed by atoms with E-state index >= 15 is 0 Å². The molecule has 1 aliphatic carbocycles. The first kappa shape index (κ1) is 27.4. The summed E-state index contributed by atoms with van der Waals surface area (Å²) < 4.78 is 84.4. The fraction of sp³-hybridized carbons (Fsp3) is 0.370. The number of hydrogen-bond donors (Lipinski definition) is 1. The number of carbonyl (C=O) groups is 3. The molecule has 2 aliphatic rings. The first-order valence-electron chi connectivity index (χ1n) is 11.7. The zero-order chi connectivity index (χ0) is 28.3. The molecule has 38 heavy (non-hydrogen) atoms. The molecule has 5 nitrogen and oxygen atoms in total. The van der Waals surface area contributed by atoms with Crippen LogP contribution in [0.5, 0.6) is 0 Å². The number of ketones is 1. The maximum absolute atomic E-state index is 15.0. The van der Waals surface area contributed by atoms with Gasteiger partial charge in [-0.15, -0.1) is 0 Å². The summed E-state index contributed by atoms with van der Waals surface area (Å²) in [6.07, 6.45) is -10.7. The van der Waals surface area contributed by atoms with E-state index in [2.05, 4.69) is 0 Å². The van der Waals surface area contributed by atoms with Crippen LogP contribution in [0.25, 0.3) is 0 Å². The summed E-state index contributed by atoms with van der Waals surface area (Å²) in [4.78, 5) is 41.0. The van der Waals surface area contributed by atoms with E-state index in [1.54, 1.807) is 49.5 Å². The highest BCUT2D eigenvalue weighted by molar-refractivity contribution is 6.14. The third-order valence-electron chi connectivity index (χ3n) is 6.91. The molecule has 1 aliphatic heterocycles. The Morgan fingerprint density at radius 3 is 2.16 bits per heavy atom. The molecule has 0 fully saturated rings. The fourth-order valence-corrected chi connectivity index (χ4v) is 5.15. The number of carbonyl (C=O) groups excluding carboxylic acids is 3. The van der Waals surface area contributed by atoms with Crippen molar-refractivity contribution in [2.45, 2.75) is 57.5 Å². The number of amides is 2. The van der Waals surface area contributed by atoms with Gasteiger partial charge >= 0.3 is 12.4 Å². The van der Waals surface area contributed by atoms with Crippen LogP contribution in [-0.2, 0) is 15.8 Å².